The molecule has 2 rings (SSSR count). The monoisotopic (exact) mass is 334 g/mol. The standard InChI is InChI=1S/C18H26N2O4/c1-14(11-17(21)22)20-10-6-9-16(12-20)19(2)18(23)24-13-15-7-4-3-5-8-15/h3-5,7-8,14,16H,6,9-13H2,1-2H3,(H,21,22). The van der Waals surface area contributed by atoms with E-state index >= 15 is 0 Å². The lowest BCUT2D eigenvalue weighted by Crippen LogP contribution is -2.51. The molecule has 1 aliphatic rings. The molecule has 1 fully saturated rings. The third-order valence-electron chi connectivity index (χ3n) is 4.56. The Hall–Kier alpha value is -2.08. The van der Waals surface area contributed by atoms with Crippen molar-refractivity contribution in [3.8, 4) is 0 Å². The zero-order valence-electron chi connectivity index (χ0n) is 14.4. The minimum atomic E-state index is -0.791. The normalized spacial score (nSPS) is 19.5. The van der Waals surface area contributed by atoms with Crippen molar-refractivity contribution < 1.29 is 19.4 Å². The number of carboxylic acid groups (broad SMARTS) is 1. The Morgan fingerprint density at radius 1 is 1.38 bits per heavy atom. The third-order valence-corrected chi connectivity index (χ3v) is 4.56. The molecule has 2 unspecified atom stereocenters. The molecule has 1 heterocycles. The molecule has 0 saturated carbocycles. The van der Waals surface area contributed by atoms with Gasteiger partial charge in [-0.3, -0.25) is 9.69 Å². The third kappa shape index (κ3) is 5.23. The summed E-state index contributed by atoms with van der Waals surface area (Å²) in [7, 11) is 1.75. The SMILES string of the molecule is CC(CC(=O)O)N1CCCC(N(C)C(=O)OCc2ccccc2)C1. The van der Waals surface area contributed by atoms with Gasteiger partial charge in [-0.05, 0) is 31.9 Å². The maximum absolute atomic E-state index is 12.3. The van der Waals surface area contributed by atoms with Crippen molar-refractivity contribution in [3.05, 3.63) is 35.9 Å². The van der Waals surface area contributed by atoms with Gasteiger partial charge in [-0.2, -0.15) is 0 Å². The summed E-state index contributed by atoms with van der Waals surface area (Å²) in [5, 5.41) is 8.94. The fourth-order valence-electron chi connectivity index (χ4n) is 3.05. The lowest BCUT2D eigenvalue weighted by molar-refractivity contribution is -0.138. The highest BCUT2D eigenvalue weighted by atomic mass is 16.6. The summed E-state index contributed by atoms with van der Waals surface area (Å²) in [5.74, 6) is -0.791. The van der Waals surface area contributed by atoms with Crippen LogP contribution in [0.25, 0.3) is 0 Å². The molecule has 1 aromatic carbocycles. The van der Waals surface area contributed by atoms with Crippen LogP contribution in [-0.4, -0.2) is 59.2 Å². The van der Waals surface area contributed by atoms with E-state index in [1.54, 1.807) is 11.9 Å². The number of hydrogen-bond donors (Lipinski definition) is 1. The van der Waals surface area contributed by atoms with Crippen LogP contribution in [-0.2, 0) is 16.1 Å². The number of piperidine rings is 1. The number of ether oxygens (including phenoxy) is 1. The minimum Gasteiger partial charge on any atom is -0.481 e. The summed E-state index contributed by atoms with van der Waals surface area (Å²) in [6.45, 7) is 3.74. The molecule has 2 atom stereocenters. The molecular formula is C18H26N2O4. The second-order valence-electron chi connectivity index (χ2n) is 6.39. The van der Waals surface area contributed by atoms with Gasteiger partial charge in [-0.1, -0.05) is 30.3 Å². The molecule has 6 nitrogen and oxygen atoms in total. The zero-order valence-corrected chi connectivity index (χ0v) is 14.4. The molecule has 1 saturated heterocycles. The number of hydrogen-bond acceptors (Lipinski definition) is 4. The van der Waals surface area contributed by atoms with Gasteiger partial charge in [0.05, 0.1) is 6.42 Å². The molecule has 0 radical (unpaired) electrons. The van der Waals surface area contributed by atoms with Crippen molar-refractivity contribution in [1.82, 2.24) is 9.80 Å². The van der Waals surface area contributed by atoms with E-state index in [1.807, 2.05) is 37.3 Å². The predicted octanol–water partition coefficient (Wildman–Crippen LogP) is 2.58. The van der Waals surface area contributed by atoms with Gasteiger partial charge in [-0.15, -0.1) is 0 Å². The predicted molar refractivity (Wildman–Crippen MR) is 90.7 cm³/mol. The molecule has 132 valence electrons. The van der Waals surface area contributed by atoms with Crippen LogP contribution in [0.2, 0.25) is 0 Å². The Labute approximate surface area is 143 Å². The Morgan fingerprint density at radius 3 is 2.75 bits per heavy atom. The van der Waals surface area contributed by atoms with Gasteiger partial charge in [-0.25, -0.2) is 4.79 Å². The molecule has 0 bridgehead atoms. The van der Waals surface area contributed by atoms with Crippen LogP contribution in [0, 0.1) is 0 Å². The molecular weight excluding hydrogens is 308 g/mol. The molecule has 0 aliphatic carbocycles. The van der Waals surface area contributed by atoms with Gasteiger partial charge >= 0.3 is 12.1 Å². The molecule has 1 aliphatic heterocycles. The summed E-state index contributed by atoms with van der Waals surface area (Å²) >= 11 is 0. The van der Waals surface area contributed by atoms with Crippen LogP contribution in [0.5, 0.6) is 0 Å². The number of aliphatic carboxylic acids is 1. The minimum absolute atomic E-state index is 0.0287. The number of carbonyl (C=O) groups is 2. The fourth-order valence-corrected chi connectivity index (χ4v) is 3.05. The molecule has 0 aromatic heterocycles. The number of likely N-dealkylation sites (N-methyl/N-ethyl adjacent to an activating group) is 1. The Balaban J connectivity index is 1.85. The highest BCUT2D eigenvalue weighted by Gasteiger charge is 2.29. The number of carboxylic acids is 1. The van der Waals surface area contributed by atoms with Crippen molar-refractivity contribution in [1.29, 1.82) is 0 Å². The first-order chi connectivity index (χ1) is 11.5. The van der Waals surface area contributed by atoms with Gasteiger partial charge in [0.25, 0.3) is 0 Å². The number of likely N-dealkylation sites (tertiary alicyclic amines) is 1. The van der Waals surface area contributed by atoms with Crippen molar-refractivity contribution in [2.24, 2.45) is 0 Å². The number of amides is 1. The zero-order chi connectivity index (χ0) is 17.5. The molecule has 6 heteroatoms. The van der Waals surface area contributed by atoms with Crippen LogP contribution in [0.4, 0.5) is 4.79 Å². The van der Waals surface area contributed by atoms with E-state index in [0.717, 1.165) is 24.9 Å². The summed E-state index contributed by atoms with van der Waals surface area (Å²) < 4.78 is 5.38. The Bertz CT molecular complexity index is 549. The smallest absolute Gasteiger partial charge is 0.410 e. The van der Waals surface area contributed by atoms with Gasteiger partial charge in [0, 0.05) is 25.7 Å². The number of benzene rings is 1. The van der Waals surface area contributed by atoms with Gasteiger partial charge in [0.2, 0.25) is 0 Å². The maximum atomic E-state index is 12.3. The van der Waals surface area contributed by atoms with Crippen LogP contribution in [0.3, 0.4) is 0 Å². The van der Waals surface area contributed by atoms with Crippen molar-refractivity contribution in [2.45, 2.75) is 44.9 Å². The lowest BCUT2D eigenvalue weighted by atomic mass is 10.0. The first-order valence-electron chi connectivity index (χ1n) is 8.36. The van der Waals surface area contributed by atoms with Crippen molar-refractivity contribution in [3.63, 3.8) is 0 Å². The van der Waals surface area contributed by atoms with E-state index in [4.69, 9.17) is 9.84 Å². The van der Waals surface area contributed by atoms with Crippen LogP contribution in [0.1, 0.15) is 31.7 Å². The summed E-state index contributed by atoms with van der Waals surface area (Å²) in [5.41, 5.74) is 0.958. The van der Waals surface area contributed by atoms with Crippen molar-refractivity contribution >= 4 is 12.1 Å². The lowest BCUT2D eigenvalue weighted by Gasteiger charge is -2.39. The van der Waals surface area contributed by atoms with E-state index in [0.29, 0.717) is 6.54 Å². The van der Waals surface area contributed by atoms with E-state index in [1.165, 1.54) is 0 Å². The molecule has 1 N–H and O–H groups in total. The molecule has 24 heavy (non-hydrogen) atoms. The number of nitrogens with zero attached hydrogens (tertiary/aromatic N) is 2. The quantitative estimate of drug-likeness (QED) is 0.866. The van der Waals surface area contributed by atoms with Gasteiger partial charge in [0.15, 0.2) is 0 Å². The summed E-state index contributed by atoms with van der Waals surface area (Å²) in [6.07, 6.45) is 1.64. The first kappa shape index (κ1) is 18.3. The van der Waals surface area contributed by atoms with E-state index < -0.39 is 5.97 Å². The highest BCUT2D eigenvalue weighted by molar-refractivity contribution is 5.68. The molecule has 1 amide bonds. The molecule has 1 aromatic rings. The van der Waals surface area contributed by atoms with Gasteiger partial charge < -0.3 is 14.7 Å². The van der Waals surface area contributed by atoms with Crippen LogP contribution >= 0.6 is 0 Å². The van der Waals surface area contributed by atoms with Crippen LogP contribution < -0.4 is 0 Å². The number of rotatable bonds is 6. The topological polar surface area (TPSA) is 70.1 Å². The fraction of sp³-hybridized carbons (Fsp3) is 0.556. The average molecular weight is 334 g/mol. The largest absolute Gasteiger partial charge is 0.481 e. The average Bonchev–Trinajstić information content (AvgIpc) is 2.59. The van der Waals surface area contributed by atoms with E-state index in [9.17, 15) is 9.59 Å². The second-order valence-corrected chi connectivity index (χ2v) is 6.39. The maximum Gasteiger partial charge on any atom is 0.410 e. The van der Waals surface area contributed by atoms with Crippen LogP contribution in [0.15, 0.2) is 30.3 Å². The van der Waals surface area contributed by atoms with Gasteiger partial charge in [0.1, 0.15) is 6.61 Å². The van der Waals surface area contributed by atoms with E-state index in [2.05, 4.69) is 4.90 Å². The van der Waals surface area contributed by atoms with E-state index in [-0.39, 0.29) is 31.2 Å². The number of carbonyl (C=O) groups excluding carboxylic acids is 1. The van der Waals surface area contributed by atoms with Crippen molar-refractivity contribution in [2.75, 3.05) is 20.1 Å². The molecule has 0 spiro atoms. The Morgan fingerprint density at radius 2 is 2.08 bits per heavy atom. The first-order valence-corrected chi connectivity index (χ1v) is 8.36. The Kier molecular flexibility index (Phi) is 6.61. The summed E-state index contributed by atoms with van der Waals surface area (Å²) in [6, 6.07) is 9.61. The summed E-state index contributed by atoms with van der Waals surface area (Å²) in [4.78, 5) is 26.9. The highest BCUT2D eigenvalue weighted by Crippen LogP contribution is 2.19. The second kappa shape index (κ2) is 8.68.